The van der Waals surface area contributed by atoms with Crippen LogP contribution >= 0.6 is 0 Å². The van der Waals surface area contributed by atoms with Crippen LogP contribution < -0.4 is 15.1 Å². The summed E-state index contributed by atoms with van der Waals surface area (Å²) in [5.74, 6) is -0.165. The number of nitrogens with zero attached hydrogens (tertiary/aromatic N) is 2. The molecule has 0 bridgehead atoms. The Hall–Kier alpha value is -2.82. The molecule has 0 aliphatic carbocycles. The molecule has 0 saturated carbocycles. The first-order valence-corrected chi connectivity index (χ1v) is 10.4. The van der Waals surface area contributed by atoms with Gasteiger partial charge in [0.25, 0.3) is 0 Å². The molecule has 0 heterocycles. The smallest absolute Gasteiger partial charge is 0.226 e. The van der Waals surface area contributed by atoms with Crippen molar-refractivity contribution in [2.24, 2.45) is 0 Å². The molecule has 0 saturated heterocycles. The van der Waals surface area contributed by atoms with Gasteiger partial charge in [0.15, 0.2) is 0 Å². The first-order chi connectivity index (χ1) is 13.9. The first-order valence-electron chi connectivity index (χ1n) is 10.4. The number of nitrogens with one attached hydrogen (secondary N) is 1. The maximum atomic E-state index is 12.4. The van der Waals surface area contributed by atoms with Crippen LogP contribution in [0.3, 0.4) is 0 Å². The van der Waals surface area contributed by atoms with Gasteiger partial charge in [-0.1, -0.05) is 19.1 Å². The highest BCUT2D eigenvalue weighted by Crippen LogP contribution is 2.26. The molecule has 0 unspecified atom stereocenters. The van der Waals surface area contributed by atoms with E-state index < -0.39 is 0 Å². The largest absolute Gasteiger partial charge is 0.372 e. The molecule has 2 rings (SSSR count). The maximum Gasteiger partial charge on any atom is 0.226 e. The fourth-order valence-electron chi connectivity index (χ4n) is 3.44. The number of anilines is 3. The predicted molar refractivity (Wildman–Crippen MR) is 122 cm³/mol. The molecule has 0 aromatic heterocycles. The Bertz CT molecular complexity index is 827. The average Bonchev–Trinajstić information content (AvgIpc) is 2.70. The van der Waals surface area contributed by atoms with Gasteiger partial charge in [0.2, 0.25) is 11.8 Å². The lowest BCUT2D eigenvalue weighted by molar-refractivity contribution is -0.117. The number of carbonyl (C=O) groups excluding carboxylic acids is 2. The Balaban J connectivity index is 2.06. The van der Waals surface area contributed by atoms with E-state index in [1.54, 1.807) is 11.8 Å². The number of amides is 2. The molecule has 0 fully saturated rings. The number of benzene rings is 2. The monoisotopic (exact) mass is 395 g/mol. The van der Waals surface area contributed by atoms with E-state index in [2.05, 4.69) is 37.1 Å². The zero-order valence-electron chi connectivity index (χ0n) is 18.3. The molecule has 5 heteroatoms. The maximum absolute atomic E-state index is 12.4. The molecular formula is C24H33N3O2. The molecule has 0 radical (unpaired) electrons. The van der Waals surface area contributed by atoms with Gasteiger partial charge in [-0.25, -0.2) is 0 Å². The Morgan fingerprint density at radius 1 is 0.966 bits per heavy atom. The van der Waals surface area contributed by atoms with Crippen molar-refractivity contribution in [2.45, 2.75) is 47.5 Å². The zero-order chi connectivity index (χ0) is 21.4. The molecule has 0 atom stereocenters. The van der Waals surface area contributed by atoms with Gasteiger partial charge < -0.3 is 15.1 Å². The van der Waals surface area contributed by atoms with Crippen LogP contribution in [0.5, 0.6) is 0 Å². The summed E-state index contributed by atoms with van der Waals surface area (Å²) in [7, 11) is 0. The first kappa shape index (κ1) is 22.5. The van der Waals surface area contributed by atoms with Crippen LogP contribution in [-0.4, -0.2) is 31.4 Å². The Kier molecular flexibility index (Phi) is 8.25. The van der Waals surface area contributed by atoms with Gasteiger partial charge >= 0.3 is 0 Å². The van der Waals surface area contributed by atoms with Crippen molar-refractivity contribution in [3.05, 3.63) is 53.6 Å². The summed E-state index contributed by atoms with van der Waals surface area (Å²) in [6.45, 7) is 12.1. The minimum Gasteiger partial charge on any atom is -0.372 e. The van der Waals surface area contributed by atoms with Crippen molar-refractivity contribution >= 4 is 28.9 Å². The van der Waals surface area contributed by atoms with Gasteiger partial charge in [0.05, 0.1) is 0 Å². The van der Waals surface area contributed by atoms with Gasteiger partial charge in [-0.15, -0.1) is 0 Å². The third kappa shape index (κ3) is 6.08. The summed E-state index contributed by atoms with van der Waals surface area (Å²) in [6, 6.07) is 14.0. The van der Waals surface area contributed by atoms with E-state index in [9.17, 15) is 9.59 Å². The molecule has 2 aromatic carbocycles. The van der Waals surface area contributed by atoms with Crippen molar-refractivity contribution in [3.63, 3.8) is 0 Å². The molecule has 2 aromatic rings. The fraction of sp³-hybridized carbons (Fsp3) is 0.417. The third-order valence-corrected chi connectivity index (χ3v) is 5.19. The fourth-order valence-corrected chi connectivity index (χ4v) is 3.44. The Labute approximate surface area is 174 Å². The molecule has 2 amide bonds. The van der Waals surface area contributed by atoms with Crippen molar-refractivity contribution in [1.29, 1.82) is 0 Å². The molecule has 0 aliphatic heterocycles. The van der Waals surface area contributed by atoms with Gasteiger partial charge in [0.1, 0.15) is 0 Å². The number of aryl methyl sites for hydroxylation is 2. The minimum absolute atomic E-state index is 0.0659. The van der Waals surface area contributed by atoms with E-state index in [1.165, 1.54) is 5.56 Å². The van der Waals surface area contributed by atoms with Crippen molar-refractivity contribution in [3.8, 4) is 0 Å². The predicted octanol–water partition coefficient (Wildman–Crippen LogP) is 4.79. The second-order valence-electron chi connectivity index (χ2n) is 7.16. The lowest BCUT2D eigenvalue weighted by Crippen LogP contribution is -2.32. The number of hydrogen-bond donors (Lipinski definition) is 1. The van der Waals surface area contributed by atoms with Crippen LogP contribution in [0.1, 0.15) is 45.2 Å². The number of rotatable bonds is 9. The highest BCUT2D eigenvalue weighted by Gasteiger charge is 2.16. The molecule has 0 spiro atoms. The quantitative estimate of drug-likeness (QED) is 0.664. The van der Waals surface area contributed by atoms with E-state index in [4.69, 9.17) is 0 Å². The summed E-state index contributed by atoms with van der Waals surface area (Å²) < 4.78 is 0. The summed E-state index contributed by atoms with van der Waals surface area (Å²) in [4.78, 5) is 28.6. The molecule has 5 nitrogen and oxygen atoms in total. The van der Waals surface area contributed by atoms with Crippen molar-refractivity contribution in [2.75, 3.05) is 34.8 Å². The zero-order valence-corrected chi connectivity index (χ0v) is 18.3. The van der Waals surface area contributed by atoms with Crippen molar-refractivity contribution < 1.29 is 9.59 Å². The van der Waals surface area contributed by atoms with E-state index in [1.807, 2.05) is 43.3 Å². The lowest BCUT2D eigenvalue weighted by atomic mass is 10.1. The lowest BCUT2D eigenvalue weighted by Gasteiger charge is -2.26. The molecule has 1 N–H and O–H groups in total. The van der Waals surface area contributed by atoms with E-state index >= 15 is 0 Å². The van der Waals surface area contributed by atoms with Crippen LogP contribution in [-0.2, 0) is 16.0 Å². The van der Waals surface area contributed by atoms with Gasteiger partial charge in [-0.05, 0) is 68.7 Å². The Morgan fingerprint density at radius 3 is 2.14 bits per heavy atom. The normalized spacial score (nSPS) is 10.5. The highest BCUT2D eigenvalue weighted by atomic mass is 16.2. The average molecular weight is 396 g/mol. The summed E-state index contributed by atoms with van der Waals surface area (Å²) in [6.07, 6.45) is 1.21. The summed E-state index contributed by atoms with van der Waals surface area (Å²) in [5, 5.41) is 2.91. The molecule has 29 heavy (non-hydrogen) atoms. The number of hydrogen-bond acceptors (Lipinski definition) is 3. The standard InChI is InChI=1S/C24H33N3O2/c1-6-20-9-11-21(12-10-20)25-24(29)15-16-27(19(5)28)23-14-13-22(17-18(23)4)26(7-2)8-3/h9-14,17H,6-8,15-16H2,1-5H3,(H,25,29). The third-order valence-electron chi connectivity index (χ3n) is 5.19. The van der Waals surface area contributed by atoms with Crippen LogP contribution in [0.25, 0.3) is 0 Å². The second-order valence-corrected chi connectivity index (χ2v) is 7.16. The van der Waals surface area contributed by atoms with Crippen LogP contribution in [0.2, 0.25) is 0 Å². The van der Waals surface area contributed by atoms with Crippen LogP contribution in [0.4, 0.5) is 17.1 Å². The SMILES string of the molecule is CCc1ccc(NC(=O)CCN(C(C)=O)c2ccc(N(CC)CC)cc2C)cc1. The minimum atomic E-state index is -0.0992. The topological polar surface area (TPSA) is 52.7 Å². The summed E-state index contributed by atoms with van der Waals surface area (Å²) >= 11 is 0. The Morgan fingerprint density at radius 2 is 1.62 bits per heavy atom. The summed E-state index contributed by atoms with van der Waals surface area (Å²) in [5.41, 5.74) is 5.04. The highest BCUT2D eigenvalue weighted by molar-refractivity contribution is 5.95. The van der Waals surface area contributed by atoms with E-state index in [0.717, 1.165) is 42.1 Å². The molecule has 0 aliphatic rings. The van der Waals surface area contributed by atoms with Crippen LogP contribution in [0, 0.1) is 6.92 Å². The number of carbonyl (C=O) groups is 2. The molecule has 156 valence electrons. The van der Waals surface area contributed by atoms with E-state index in [-0.39, 0.29) is 18.2 Å². The van der Waals surface area contributed by atoms with Crippen LogP contribution in [0.15, 0.2) is 42.5 Å². The van der Waals surface area contributed by atoms with Crippen molar-refractivity contribution in [1.82, 2.24) is 0 Å². The second kappa shape index (κ2) is 10.6. The molecular weight excluding hydrogens is 362 g/mol. The van der Waals surface area contributed by atoms with E-state index in [0.29, 0.717) is 6.54 Å². The van der Waals surface area contributed by atoms with Gasteiger partial charge in [0, 0.05) is 50.0 Å². The van der Waals surface area contributed by atoms with Gasteiger partial charge in [-0.2, -0.15) is 0 Å². The van der Waals surface area contributed by atoms with Gasteiger partial charge in [-0.3, -0.25) is 9.59 Å².